The summed E-state index contributed by atoms with van der Waals surface area (Å²) >= 11 is 3.26. The van der Waals surface area contributed by atoms with Gasteiger partial charge in [0.1, 0.15) is 18.0 Å². The van der Waals surface area contributed by atoms with Crippen molar-refractivity contribution in [3.8, 4) is 0 Å². The molecule has 1 aromatic rings. The van der Waals surface area contributed by atoms with Gasteiger partial charge in [-0.05, 0) is 48.8 Å². The molecular weight excluding hydrogens is 328 g/mol. The summed E-state index contributed by atoms with van der Waals surface area (Å²) in [6.07, 6.45) is 0.877. The summed E-state index contributed by atoms with van der Waals surface area (Å²) in [4.78, 5) is 28.8. The first-order valence-electron chi connectivity index (χ1n) is 5.92. The van der Waals surface area contributed by atoms with E-state index in [-0.39, 0.29) is 6.54 Å². The Labute approximate surface area is 126 Å². The van der Waals surface area contributed by atoms with Crippen molar-refractivity contribution < 1.29 is 19.1 Å². The van der Waals surface area contributed by atoms with Crippen LogP contribution in [-0.4, -0.2) is 36.3 Å². The molecule has 0 aromatic carbocycles. The number of halogens is 1. The predicted octanol–water partition coefficient (Wildman–Crippen LogP) is 2.76. The molecule has 0 aliphatic rings. The molecule has 0 radical (unpaired) electrons. The second-order valence-electron chi connectivity index (χ2n) is 4.98. The third-order valence-corrected chi connectivity index (χ3v) is 2.59. The minimum Gasteiger partial charge on any atom is -0.468 e. The number of carbonyl (C=O) groups is 2. The normalized spacial score (nSPS) is 10.8. The van der Waals surface area contributed by atoms with Crippen LogP contribution in [0.25, 0.3) is 0 Å². The van der Waals surface area contributed by atoms with E-state index in [4.69, 9.17) is 4.74 Å². The second-order valence-corrected chi connectivity index (χ2v) is 5.89. The van der Waals surface area contributed by atoms with Gasteiger partial charge in [0.25, 0.3) is 0 Å². The van der Waals surface area contributed by atoms with Gasteiger partial charge in [0.05, 0.1) is 7.11 Å². The largest absolute Gasteiger partial charge is 0.468 e. The van der Waals surface area contributed by atoms with Crippen LogP contribution in [0, 0.1) is 0 Å². The maximum atomic E-state index is 12.1. The highest BCUT2D eigenvalue weighted by Gasteiger charge is 2.26. The van der Waals surface area contributed by atoms with Crippen molar-refractivity contribution in [2.75, 3.05) is 18.6 Å². The standard InChI is InChI=1S/C13H17BrN2O4/c1-13(2,3)20-12(18)16(8-11(17)19-4)10-6-5-9(14)7-15-10/h5-7H,8H2,1-4H3. The van der Waals surface area contributed by atoms with E-state index in [1.54, 1.807) is 32.9 Å². The van der Waals surface area contributed by atoms with Crippen molar-refractivity contribution in [2.24, 2.45) is 0 Å². The molecular formula is C13H17BrN2O4. The maximum Gasteiger partial charge on any atom is 0.416 e. The highest BCUT2D eigenvalue weighted by molar-refractivity contribution is 9.10. The average molecular weight is 345 g/mol. The lowest BCUT2D eigenvalue weighted by atomic mass is 10.2. The predicted molar refractivity (Wildman–Crippen MR) is 77.5 cm³/mol. The van der Waals surface area contributed by atoms with Gasteiger partial charge in [-0.1, -0.05) is 0 Å². The number of ether oxygens (including phenoxy) is 2. The Bertz CT molecular complexity index is 482. The minimum atomic E-state index is -0.666. The maximum absolute atomic E-state index is 12.1. The topological polar surface area (TPSA) is 68.7 Å². The van der Waals surface area contributed by atoms with Crippen LogP contribution in [0.5, 0.6) is 0 Å². The number of aromatic nitrogens is 1. The number of pyridine rings is 1. The summed E-state index contributed by atoms with van der Waals surface area (Å²) in [5.74, 6) is -0.242. The van der Waals surface area contributed by atoms with Crippen LogP contribution in [0.3, 0.4) is 0 Å². The molecule has 110 valence electrons. The molecule has 0 saturated heterocycles. The fourth-order valence-electron chi connectivity index (χ4n) is 1.28. The van der Waals surface area contributed by atoms with Gasteiger partial charge < -0.3 is 9.47 Å². The first-order chi connectivity index (χ1) is 9.23. The summed E-state index contributed by atoms with van der Waals surface area (Å²) in [6.45, 7) is 4.97. The van der Waals surface area contributed by atoms with Gasteiger partial charge in [-0.3, -0.25) is 9.69 Å². The zero-order valence-electron chi connectivity index (χ0n) is 11.8. The van der Waals surface area contributed by atoms with Crippen molar-refractivity contribution in [3.63, 3.8) is 0 Å². The van der Waals surface area contributed by atoms with E-state index in [0.29, 0.717) is 5.82 Å². The lowest BCUT2D eigenvalue weighted by Gasteiger charge is -2.26. The number of amides is 1. The SMILES string of the molecule is COC(=O)CN(C(=O)OC(C)(C)C)c1ccc(Br)cn1. The number of rotatable bonds is 3. The van der Waals surface area contributed by atoms with Crippen molar-refractivity contribution >= 4 is 33.8 Å². The third kappa shape index (κ3) is 5.16. The van der Waals surface area contributed by atoms with Crippen LogP contribution in [-0.2, 0) is 14.3 Å². The Kier molecular flexibility index (Phi) is 5.50. The summed E-state index contributed by atoms with van der Waals surface area (Å²) in [6, 6.07) is 3.33. The number of nitrogens with zero attached hydrogens (tertiary/aromatic N) is 2. The number of esters is 1. The fraction of sp³-hybridized carbons (Fsp3) is 0.462. The van der Waals surface area contributed by atoms with Crippen molar-refractivity contribution in [2.45, 2.75) is 26.4 Å². The summed E-state index contributed by atoms with van der Waals surface area (Å²) in [5.41, 5.74) is -0.666. The molecule has 0 bridgehead atoms. The van der Waals surface area contributed by atoms with Crippen LogP contribution >= 0.6 is 15.9 Å². The molecule has 0 N–H and O–H groups in total. The van der Waals surface area contributed by atoms with Gasteiger partial charge in [0, 0.05) is 10.7 Å². The first kappa shape index (κ1) is 16.4. The third-order valence-electron chi connectivity index (χ3n) is 2.12. The summed E-state index contributed by atoms with van der Waals surface area (Å²) in [7, 11) is 1.25. The van der Waals surface area contributed by atoms with Crippen LogP contribution in [0.15, 0.2) is 22.8 Å². The molecule has 0 unspecified atom stereocenters. The molecule has 20 heavy (non-hydrogen) atoms. The summed E-state index contributed by atoms with van der Waals surface area (Å²) < 4.78 is 10.6. The average Bonchev–Trinajstić information content (AvgIpc) is 2.34. The van der Waals surface area contributed by atoms with E-state index in [1.165, 1.54) is 13.3 Å². The molecule has 1 amide bonds. The molecule has 7 heteroatoms. The van der Waals surface area contributed by atoms with Crippen molar-refractivity contribution in [1.82, 2.24) is 4.98 Å². The molecule has 0 spiro atoms. The van der Waals surface area contributed by atoms with E-state index in [0.717, 1.165) is 9.37 Å². The molecule has 1 rings (SSSR count). The highest BCUT2D eigenvalue weighted by atomic mass is 79.9. The Morgan fingerprint density at radius 1 is 1.35 bits per heavy atom. The molecule has 1 aromatic heterocycles. The zero-order valence-corrected chi connectivity index (χ0v) is 13.4. The van der Waals surface area contributed by atoms with Crippen LogP contribution in [0.4, 0.5) is 10.6 Å². The number of carbonyl (C=O) groups excluding carboxylic acids is 2. The van der Waals surface area contributed by atoms with Crippen molar-refractivity contribution in [1.29, 1.82) is 0 Å². The lowest BCUT2D eigenvalue weighted by Crippen LogP contribution is -2.40. The smallest absolute Gasteiger partial charge is 0.416 e. The van der Waals surface area contributed by atoms with E-state index < -0.39 is 17.7 Å². The monoisotopic (exact) mass is 344 g/mol. The second kappa shape index (κ2) is 6.69. The van der Waals surface area contributed by atoms with Crippen LogP contribution in [0.1, 0.15) is 20.8 Å². The number of methoxy groups -OCH3 is 1. The molecule has 6 nitrogen and oxygen atoms in total. The van der Waals surface area contributed by atoms with Gasteiger partial charge >= 0.3 is 12.1 Å². The Balaban J connectivity index is 2.98. The Hall–Kier alpha value is -1.63. The van der Waals surface area contributed by atoms with E-state index in [9.17, 15) is 9.59 Å². The highest BCUT2D eigenvalue weighted by Crippen LogP contribution is 2.18. The minimum absolute atomic E-state index is 0.264. The van der Waals surface area contributed by atoms with Gasteiger partial charge in [-0.2, -0.15) is 0 Å². The molecule has 0 fully saturated rings. The van der Waals surface area contributed by atoms with Crippen molar-refractivity contribution in [3.05, 3.63) is 22.8 Å². The van der Waals surface area contributed by atoms with Gasteiger partial charge in [-0.25, -0.2) is 9.78 Å². The zero-order chi connectivity index (χ0) is 15.3. The lowest BCUT2D eigenvalue weighted by molar-refractivity contribution is -0.139. The molecule has 0 aliphatic carbocycles. The quantitative estimate of drug-likeness (QED) is 0.788. The van der Waals surface area contributed by atoms with Crippen LogP contribution in [0.2, 0.25) is 0 Å². The Morgan fingerprint density at radius 2 is 2.00 bits per heavy atom. The number of hydrogen-bond acceptors (Lipinski definition) is 5. The van der Waals surface area contributed by atoms with Gasteiger partial charge in [-0.15, -0.1) is 0 Å². The van der Waals surface area contributed by atoms with Crippen LogP contribution < -0.4 is 4.90 Å². The van der Waals surface area contributed by atoms with Gasteiger partial charge in [0.2, 0.25) is 0 Å². The Morgan fingerprint density at radius 3 is 2.45 bits per heavy atom. The van der Waals surface area contributed by atoms with E-state index >= 15 is 0 Å². The fourth-order valence-corrected chi connectivity index (χ4v) is 1.51. The molecule has 1 heterocycles. The van der Waals surface area contributed by atoms with E-state index in [2.05, 4.69) is 25.7 Å². The molecule has 0 atom stereocenters. The number of anilines is 1. The number of hydrogen-bond donors (Lipinski definition) is 0. The van der Waals surface area contributed by atoms with E-state index in [1.807, 2.05) is 0 Å². The first-order valence-corrected chi connectivity index (χ1v) is 6.71. The molecule has 0 saturated carbocycles. The van der Waals surface area contributed by atoms with Gasteiger partial charge in [0.15, 0.2) is 0 Å². The molecule has 0 aliphatic heterocycles. The summed E-state index contributed by atoms with van der Waals surface area (Å²) in [5, 5.41) is 0.